The number of carbonyl (C=O) groups excluding carboxylic acids is 12. The van der Waals surface area contributed by atoms with Gasteiger partial charge in [-0.3, -0.25) is 72.1 Å². The summed E-state index contributed by atoms with van der Waals surface area (Å²) in [5, 5.41) is 60.4. The second kappa shape index (κ2) is 42.2. The molecular formula is C66H103N17O17S. The van der Waals surface area contributed by atoms with Crippen LogP contribution >= 0.6 is 11.8 Å². The van der Waals surface area contributed by atoms with Gasteiger partial charge in [0, 0.05) is 37.0 Å². The summed E-state index contributed by atoms with van der Waals surface area (Å²) in [6.45, 7) is 13.9. The zero-order valence-electron chi connectivity index (χ0n) is 58.5. The molecule has 2 aliphatic rings. The fourth-order valence-corrected chi connectivity index (χ4v) is 12.1. The number of carboxylic acids is 2. The molecule has 2 aliphatic heterocycles. The van der Waals surface area contributed by atoms with Gasteiger partial charge in [-0.2, -0.15) is 0 Å². The van der Waals surface area contributed by atoms with Crippen molar-refractivity contribution < 1.29 is 82.4 Å². The van der Waals surface area contributed by atoms with Crippen molar-refractivity contribution in [2.45, 2.75) is 224 Å². The Balaban J connectivity index is 1.79. The Kier molecular flexibility index (Phi) is 35.3. The second-order valence-electron chi connectivity index (χ2n) is 26.0. The fraction of sp³-hybridized carbons (Fsp3) is 0.636. The van der Waals surface area contributed by atoms with Crippen LogP contribution in [0.15, 0.2) is 47.8 Å². The molecule has 1 saturated heterocycles. The van der Waals surface area contributed by atoms with Crippen LogP contribution in [-0.4, -0.2) is 205 Å². The highest BCUT2D eigenvalue weighted by atomic mass is 32.2. The minimum atomic E-state index is -2.00. The molecule has 34 nitrogen and oxygen atoms in total. The number of H-pyrrole nitrogens is 1. The molecule has 1 aromatic carbocycles. The molecule has 12 amide bonds. The van der Waals surface area contributed by atoms with Crippen molar-refractivity contribution in [1.29, 1.82) is 0 Å². The number of rotatable bonds is 31. The van der Waals surface area contributed by atoms with Crippen molar-refractivity contribution in [3.63, 3.8) is 0 Å². The summed E-state index contributed by atoms with van der Waals surface area (Å²) in [5.41, 5.74) is 18.2. The molecule has 0 saturated carbocycles. The molecule has 560 valence electrons. The average Bonchev–Trinajstić information content (AvgIpc) is 1.17. The third-order valence-corrected chi connectivity index (χ3v) is 18.8. The Morgan fingerprint density at radius 2 is 1.28 bits per heavy atom. The molecule has 101 heavy (non-hydrogen) atoms. The van der Waals surface area contributed by atoms with Crippen molar-refractivity contribution in [3.05, 3.63) is 54.1 Å². The number of aliphatic carboxylic acids is 2. The highest BCUT2D eigenvalue weighted by molar-refractivity contribution is 8.14. The number of benzene rings is 1. The van der Waals surface area contributed by atoms with E-state index in [9.17, 15) is 82.4 Å². The van der Waals surface area contributed by atoms with E-state index in [-0.39, 0.29) is 93.3 Å². The van der Waals surface area contributed by atoms with E-state index in [2.05, 4.69) is 73.4 Å². The summed E-state index contributed by atoms with van der Waals surface area (Å²) in [6, 6.07) is -10.2. The molecule has 1 fully saturated rings. The monoisotopic (exact) mass is 1440 g/mol. The van der Waals surface area contributed by atoms with Crippen LogP contribution in [0.5, 0.6) is 0 Å². The largest absolute Gasteiger partial charge is 0.481 e. The molecule has 35 heteroatoms. The Hall–Kier alpha value is -9.09. The van der Waals surface area contributed by atoms with E-state index in [0.717, 1.165) is 6.42 Å². The predicted octanol–water partition coefficient (Wildman–Crippen LogP) is -2.19. The minimum absolute atomic E-state index is 0.000458. The predicted molar refractivity (Wildman–Crippen MR) is 371 cm³/mol. The van der Waals surface area contributed by atoms with E-state index in [0.29, 0.717) is 5.04 Å². The number of amides is 12. The van der Waals surface area contributed by atoms with Gasteiger partial charge >= 0.3 is 11.9 Å². The van der Waals surface area contributed by atoms with Gasteiger partial charge < -0.3 is 96.0 Å². The van der Waals surface area contributed by atoms with E-state index in [1.165, 1.54) is 48.6 Å². The van der Waals surface area contributed by atoms with Crippen LogP contribution in [0.25, 0.3) is 0 Å². The first kappa shape index (κ1) is 84.3. The van der Waals surface area contributed by atoms with Crippen LogP contribution < -0.4 is 75.7 Å². The zero-order valence-corrected chi connectivity index (χ0v) is 59.3. The minimum Gasteiger partial charge on any atom is -0.481 e. The number of hydrogen-bond donors (Lipinski definition) is 18. The van der Waals surface area contributed by atoms with Gasteiger partial charge in [0.25, 0.3) is 0 Å². The number of aliphatic hydroxyl groups is 1. The van der Waals surface area contributed by atoms with E-state index >= 15 is 0 Å². The van der Waals surface area contributed by atoms with Crippen molar-refractivity contribution in [2.24, 2.45) is 45.9 Å². The van der Waals surface area contributed by atoms with Crippen LogP contribution in [0.3, 0.4) is 0 Å². The molecule has 1 aromatic heterocycles. The Labute approximate surface area is 590 Å². The number of imidazole rings is 1. The number of aromatic nitrogens is 2. The third kappa shape index (κ3) is 27.4. The molecule has 0 aliphatic carbocycles. The van der Waals surface area contributed by atoms with Gasteiger partial charge in [0.2, 0.25) is 70.9 Å². The van der Waals surface area contributed by atoms with Gasteiger partial charge in [-0.1, -0.05) is 105 Å². The standard InChI is InChI=1S/C66H103N17O17S/c1-9-34(6)50(69)66-80-46(31-101-66)62(97)76-42(26-33(4)5)59(94)74-41(22-23-48(85)86)58(93)81-51(35(7)10-2)63(98)75-39-20-15-16-25-71-55(90)44(28-47(68)84)77-61(96)45(29-49(87)88)78-60(95)43(27-38-30-70-32-72-38)79-65(100)53(54(89)37-18-13-12-14-19-37)83-64(99)52(36(8)11-3)82-57(92)40(21-17-24-67)73-56(39)91/h12-14,18-19,30,32-36,39-46,50-54,89H,9-11,15-17,20-29,31,67,69H2,1-8H3,(H2,68,84)(H,70,72)(H,71,90)(H,73,91)(H,74,94)(H,75,98)(H,76,97)(H,77,96)(H,78,95)(H,79,100)(H,81,93)(H,82,92)(H,83,99)(H,85,86)(H,87,88)/t34-,35-,36-,39-,40+,41+,42-,43-,44-,45+,46-,50-,51-,52-,53+,54?/m0/s1. The van der Waals surface area contributed by atoms with Crippen LogP contribution in [-0.2, 0) is 73.5 Å². The normalized spacial score (nSPS) is 23.4. The summed E-state index contributed by atoms with van der Waals surface area (Å²) in [5.74, 6) is -16.3. The van der Waals surface area contributed by atoms with Gasteiger partial charge in [0.15, 0.2) is 0 Å². The molecule has 21 N–H and O–H groups in total. The number of thioether (sulfide) groups is 1. The smallest absolute Gasteiger partial charge is 0.305 e. The lowest BCUT2D eigenvalue weighted by Crippen LogP contribution is -2.62. The van der Waals surface area contributed by atoms with E-state index in [1.54, 1.807) is 47.6 Å². The van der Waals surface area contributed by atoms with Crippen LogP contribution in [0, 0.1) is 23.7 Å². The maximum absolute atomic E-state index is 14.9. The van der Waals surface area contributed by atoms with Crippen molar-refractivity contribution in [2.75, 3.05) is 18.8 Å². The summed E-state index contributed by atoms with van der Waals surface area (Å²) >= 11 is 1.34. The van der Waals surface area contributed by atoms with Gasteiger partial charge in [-0.15, -0.1) is 11.8 Å². The van der Waals surface area contributed by atoms with E-state index in [1.807, 2.05) is 13.8 Å². The van der Waals surface area contributed by atoms with Crippen LogP contribution in [0.4, 0.5) is 0 Å². The Bertz CT molecular complexity index is 3200. The zero-order chi connectivity index (χ0) is 75.2. The SMILES string of the molecule is CC[C@H](C)[C@H](N)C1=N[C@H](C(=O)N[C@@H](CC(C)C)C(=O)N[C@H](CCC(=O)O)C(=O)N[C@H](C(=O)N[C@H]2CCCCNC(=O)[C@H](CC(N)=O)NC(=O)[C@@H](CC(=O)O)NC(=O)[C@H](Cc3cnc[nH]3)NC(=O)[C@@H](C(O)c3ccccc3)NC(=O)[C@H]([C@@H](C)CC)NC(=O)[C@@H](CCCN)NC2=O)[C@@H](C)CC)CS1. The van der Waals surface area contributed by atoms with Crippen LogP contribution in [0.2, 0.25) is 0 Å². The number of nitrogens with zero attached hydrogens (tertiary/aromatic N) is 2. The molecule has 0 spiro atoms. The Morgan fingerprint density at radius 1 is 0.673 bits per heavy atom. The fourth-order valence-electron chi connectivity index (χ4n) is 10.9. The lowest BCUT2D eigenvalue weighted by molar-refractivity contribution is -0.142. The molecular weight excluding hydrogens is 1330 g/mol. The molecule has 3 heterocycles. The topological polar surface area (TPSA) is 551 Å². The molecule has 4 rings (SSSR count). The molecule has 0 radical (unpaired) electrons. The number of primary amides is 1. The summed E-state index contributed by atoms with van der Waals surface area (Å²) in [4.78, 5) is 207. The van der Waals surface area contributed by atoms with E-state index in [4.69, 9.17) is 17.2 Å². The number of carboxylic acid groups (broad SMARTS) is 2. The maximum Gasteiger partial charge on any atom is 0.305 e. The second-order valence-corrected chi connectivity index (χ2v) is 27.1. The lowest BCUT2D eigenvalue weighted by Gasteiger charge is -2.31. The number of aromatic amines is 1. The van der Waals surface area contributed by atoms with Crippen molar-refractivity contribution in [3.8, 4) is 0 Å². The third-order valence-electron chi connectivity index (χ3n) is 17.6. The number of aliphatic imine (C=N–C) groups is 1. The number of nitrogens with two attached hydrogens (primary N) is 3. The average molecular weight is 1440 g/mol. The van der Waals surface area contributed by atoms with E-state index < -0.39 is 205 Å². The number of nitrogens with one attached hydrogen (secondary N) is 12. The Morgan fingerprint density at radius 3 is 1.87 bits per heavy atom. The van der Waals surface area contributed by atoms with Gasteiger partial charge in [0.05, 0.1) is 30.3 Å². The van der Waals surface area contributed by atoms with Gasteiger partial charge in [-0.25, -0.2) is 4.98 Å². The number of carbonyl (C=O) groups is 14. The number of aliphatic hydroxyl groups excluding tert-OH is 1. The number of hydrogen-bond acceptors (Lipinski definition) is 20. The molecule has 0 bridgehead atoms. The quantitative estimate of drug-likeness (QED) is 0.0381. The molecule has 16 atom stereocenters. The summed E-state index contributed by atoms with van der Waals surface area (Å²) < 4.78 is 0. The molecule has 2 aromatic rings. The summed E-state index contributed by atoms with van der Waals surface area (Å²) in [6.07, 6.45) is -1.82. The van der Waals surface area contributed by atoms with Gasteiger partial charge in [0.1, 0.15) is 72.6 Å². The van der Waals surface area contributed by atoms with Crippen molar-refractivity contribution >= 4 is 99.6 Å². The molecule has 1 unspecified atom stereocenters. The highest BCUT2D eigenvalue weighted by Crippen LogP contribution is 2.25. The van der Waals surface area contributed by atoms with Crippen LogP contribution in [0.1, 0.15) is 156 Å². The lowest BCUT2D eigenvalue weighted by atomic mass is 9.95. The first-order chi connectivity index (χ1) is 47.8. The maximum atomic E-state index is 14.9. The first-order valence-electron chi connectivity index (χ1n) is 34.2. The highest BCUT2D eigenvalue weighted by Gasteiger charge is 2.41. The summed E-state index contributed by atoms with van der Waals surface area (Å²) in [7, 11) is 0. The first-order valence-corrected chi connectivity index (χ1v) is 35.2. The van der Waals surface area contributed by atoms with Crippen molar-refractivity contribution in [1.82, 2.24) is 68.5 Å². The van der Waals surface area contributed by atoms with Gasteiger partial charge in [-0.05, 0) is 80.7 Å².